The number of carbonyl (C=O) groups excluding carboxylic acids is 1. The number of halogens is 2. The number of nitrogens with one attached hydrogen (secondary N) is 1. The topological polar surface area (TPSA) is 46.2 Å². The van der Waals surface area contributed by atoms with Crippen molar-refractivity contribution in [1.29, 1.82) is 0 Å². The summed E-state index contributed by atoms with van der Waals surface area (Å²) in [6.45, 7) is 2.23. The molecule has 1 N–H and O–H groups in total. The average molecular weight is 336 g/mol. The van der Waals surface area contributed by atoms with Crippen molar-refractivity contribution in [2.45, 2.75) is 18.6 Å². The summed E-state index contributed by atoms with van der Waals surface area (Å²) in [6, 6.07) is 4.21. The molecule has 0 heterocycles. The summed E-state index contributed by atoms with van der Waals surface area (Å²) >= 11 is 3.19. The second kappa shape index (κ2) is 6.99. The van der Waals surface area contributed by atoms with Gasteiger partial charge in [-0.1, -0.05) is 22.9 Å². The number of hydrogen-bond acceptors (Lipinski definition) is 2. The summed E-state index contributed by atoms with van der Waals surface area (Å²) in [5.74, 6) is -1.01. The maximum Gasteiger partial charge on any atom is 0.254 e. The van der Waals surface area contributed by atoms with Gasteiger partial charge in [0.05, 0.1) is 5.56 Å². The molecular weight excluding hydrogens is 321 g/mol. The molecule has 1 aromatic rings. The van der Waals surface area contributed by atoms with Gasteiger partial charge < -0.3 is 5.32 Å². The molecule has 1 aromatic carbocycles. The molecule has 0 aliphatic rings. The minimum atomic E-state index is -0.910. The normalized spacial score (nSPS) is 14.0. The molecule has 0 aliphatic carbocycles. The van der Waals surface area contributed by atoms with Crippen molar-refractivity contribution in [3.63, 3.8) is 0 Å². The molecule has 0 saturated carbocycles. The Hall–Kier alpha value is -0.750. The van der Waals surface area contributed by atoms with Crippen molar-refractivity contribution in [1.82, 2.24) is 5.32 Å². The monoisotopic (exact) mass is 335 g/mol. The summed E-state index contributed by atoms with van der Waals surface area (Å²) in [5.41, 5.74) is 0.00893. The first-order chi connectivity index (χ1) is 8.41. The van der Waals surface area contributed by atoms with E-state index >= 15 is 0 Å². The minimum absolute atomic E-state index is 0.00893. The molecule has 18 heavy (non-hydrogen) atoms. The van der Waals surface area contributed by atoms with Crippen molar-refractivity contribution in [2.75, 3.05) is 12.8 Å². The predicted octanol–water partition coefficient (Wildman–Crippen LogP) is 2.48. The van der Waals surface area contributed by atoms with Crippen LogP contribution in [-0.4, -0.2) is 28.2 Å². The van der Waals surface area contributed by atoms with Crippen molar-refractivity contribution in [3.8, 4) is 0 Å². The first-order valence-electron chi connectivity index (χ1n) is 5.47. The Morgan fingerprint density at radius 2 is 2.22 bits per heavy atom. The zero-order valence-electron chi connectivity index (χ0n) is 10.2. The van der Waals surface area contributed by atoms with E-state index < -0.39 is 22.5 Å². The lowest BCUT2D eigenvalue weighted by Gasteiger charge is -2.09. The minimum Gasteiger partial charge on any atom is -0.352 e. The summed E-state index contributed by atoms with van der Waals surface area (Å²) in [4.78, 5) is 11.7. The van der Waals surface area contributed by atoms with Gasteiger partial charge >= 0.3 is 0 Å². The molecule has 2 unspecified atom stereocenters. The number of carbonyl (C=O) groups is 1. The fourth-order valence-electron chi connectivity index (χ4n) is 1.32. The van der Waals surface area contributed by atoms with Gasteiger partial charge in [-0.15, -0.1) is 0 Å². The summed E-state index contributed by atoms with van der Waals surface area (Å²) < 4.78 is 25.2. The maximum absolute atomic E-state index is 13.4. The highest BCUT2D eigenvalue weighted by atomic mass is 79.9. The molecule has 3 nitrogen and oxygen atoms in total. The van der Waals surface area contributed by atoms with Gasteiger partial charge in [-0.3, -0.25) is 9.00 Å². The summed E-state index contributed by atoms with van der Waals surface area (Å²) in [6.07, 6.45) is 2.23. The fraction of sp³-hybridized carbons (Fsp3) is 0.417. The van der Waals surface area contributed by atoms with Crippen LogP contribution in [0, 0.1) is 5.82 Å². The van der Waals surface area contributed by atoms with Crippen molar-refractivity contribution in [3.05, 3.63) is 34.1 Å². The van der Waals surface area contributed by atoms with E-state index in [1.807, 2.05) is 6.92 Å². The van der Waals surface area contributed by atoms with Gasteiger partial charge in [-0.2, -0.15) is 0 Å². The molecule has 0 saturated heterocycles. The van der Waals surface area contributed by atoms with Gasteiger partial charge in [0, 0.05) is 33.3 Å². The lowest BCUT2D eigenvalue weighted by molar-refractivity contribution is 0.0949. The lowest BCUT2D eigenvalue weighted by Crippen LogP contribution is -2.28. The van der Waals surface area contributed by atoms with E-state index in [4.69, 9.17) is 0 Å². The van der Waals surface area contributed by atoms with E-state index in [1.54, 1.807) is 6.26 Å². The van der Waals surface area contributed by atoms with Gasteiger partial charge in [-0.05, 0) is 24.6 Å². The summed E-state index contributed by atoms with van der Waals surface area (Å²) in [5, 5.41) is 2.63. The predicted molar refractivity (Wildman–Crippen MR) is 74.6 cm³/mol. The van der Waals surface area contributed by atoms with Gasteiger partial charge in [0.2, 0.25) is 0 Å². The van der Waals surface area contributed by atoms with Crippen LogP contribution in [0.5, 0.6) is 0 Å². The van der Waals surface area contributed by atoms with Crippen LogP contribution < -0.4 is 5.32 Å². The second-order valence-electron chi connectivity index (χ2n) is 3.98. The Morgan fingerprint density at radius 3 is 2.83 bits per heavy atom. The Labute approximate surface area is 117 Å². The van der Waals surface area contributed by atoms with E-state index in [0.717, 1.165) is 0 Å². The van der Waals surface area contributed by atoms with Crippen LogP contribution in [0.1, 0.15) is 23.7 Å². The van der Waals surface area contributed by atoms with Gasteiger partial charge in [0.1, 0.15) is 5.82 Å². The number of hydrogen-bond donors (Lipinski definition) is 1. The van der Waals surface area contributed by atoms with E-state index in [9.17, 15) is 13.4 Å². The Bertz CT molecular complexity index is 467. The Balaban J connectivity index is 2.55. The van der Waals surface area contributed by atoms with Crippen molar-refractivity contribution >= 4 is 32.6 Å². The highest BCUT2D eigenvalue weighted by Gasteiger charge is 2.12. The zero-order valence-corrected chi connectivity index (χ0v) is 12.6. The van der Waals surface area contributed by atoms with Crippen molar-refractivity contribution in [2.24, 2.45) is 0 Å². The van der Waals surface area contributed by atoms with Crippen LogP contribution in [0.2, 0.25) is 0 Å². The smallest absolute Gasteiger partial charge is 0.254 e. The van der Waals surface area contributed by atoms with Crippen LogP contribution in [0.15, 0.2) is 22.7 Å². The molecule has 0 aromatic heterocycles. The van der Waals surface area contributed by atoms with E-state index in [1.165, 1.54) is 18.2 Å². The van der Waals surface area contributed by atoms with E-state index in [-0.39, 0.29) is 10.8 Å². The third-order valence-corrected chi connectivity index (χ3v) is 4.44. The van der Waals surface area contributed by atoms with Crippen LogP contribution in [0.25, 0.3) is 0 Å². The van der Waals surface area contributed by atoms with Crippen LogP contribution in [0.3, 0.4) is 0 Å². The molecule has 1 rings (SSSR count). The summed E-state index contributed by atoms with van der Waals surface area (Å²) in [7, 11) is -0.910. The number of amides is 1. The molecule has 0 fully saturated rings. The molecular formula is C12H15BrFNO2S. The van der Waals surface area contributed by atoms with Crippen LogP contribution >= 0.6 is 15.9 Å². The second-order valence-corrected chi connectivity index (χ2v) is 6.70. The molecule has 0 aliphatic heterocycles. The fourth-order valence-corrected chi connectivity index (χ4v) is 2.13. The molecule has 6 heteroatoms. The van der Waals surface area contributed by atoms with Gasteiger partial charge in [-0.25, -0.2) is 4.39 Å². The average Bonchev–Trinajstić information content (AvgIpc) is 2.31. The first kappa shape index (κ1) is 15.3. The van der Waals surface area contributed by atoms with Gasteiger partial charge in [0.25, 0.3) is 5.91 Å². The third-order valence-electron chi connectivity index (χ3n) is 2.58. The highest BCUT2D eigenvalue weighted by molar-refractivity contribution is 9.10. The molecule has 0 bridgehead atoms. The standard InChI is InChI=1S/C12H15BrFNO2S/c1-8(18(2)17)5-6-15-12(16)10-7-9(13)3-4-11(10)14/h3-4,7-8H,5-6H2,1-2H3,(H,15,16). The van der Waals surface area contributed by atoms with Gasteiger partial charge in [0.15, 0.2) is 0 Å². The van der Waals surface area contributed by atoms with Crippen LogP contribution in [0.4, 0.5) is 4.39 Å². The Morgan fingerprint density at radius 1 is 1.56 bits per heavy atom. The number of rotatable bonds is 5. The van der Waals surface area contributed by atoms with E-state index in [2.05, 4.69) is 21.2 Å². The third kappa shape index (κ3) is 4.49. The largest absolute Gasteiger partial charge is 0.352 e. The maximum atomic E-state index is 13.4. The van der Waals surface area contributed by atoms with Crippen LogP contribution in [-0.2, 0) is 10.8 Å². The molecule has 0 radical (unpaired) electrons. The first-order valence-corrected chi connectivity index (χ1v) is 7.88. The zero-order chi connectivity index (χ0) is 13.7. The Kier molecular flexibility index (Phi) is 5.95. The van der Waals surface area contributed by atoms with Crippen molar-refractivity contribution < 1.29 is 13.4 Å². The molecule has 1 amide bonds. The number of benzene rings is 1. The molecule has 100 valence electrons. The molecule has 0 spiro atoms. The van der Waals surface area contributed by atoms with E-state index in [0.29, 0.717) is 17.4 Å². The molecule has 2 atom stereocenters. The quantitative estimate of drug-likeness (QED) is 0.898. The highest BCUT2D eigenvalue weighted by Crippen LogP contribution is 2.15. The SMILES string of the molecule is CC(CCNC(=O)c1cc(Br)ccc1F)S(C)=O. The lowest BCUT2D eigenvalue weighted by atomic mass is 10.2.